The molecule has 0 aliphatic carbocycles. The van der Waals surface area contributed by atoms with E-state index in [-0.39, 0.29) is 56.9 Å². The summed E-state index contributed by atoms with van der Waals surface area (Å²) in [5.74, 6) is -2.17. The van der Waals surface area contributed by atoms with Gasteiger partial charge in [0.15, 0.2) is 0 Å². The van der Waals surface area contributed by atoms with Crippen LogP contribution in [0.1, 0.15) is 65.4 Å². The van der Waals surface area contributed by atoms with Crippen LogP contribution in [0.2, 0.25) is 0 Å². The van der Waals surface area contributed by atoms with Crippen molar-refractivity contribution in [1.82, 2.24) is 30.2 Å². The number of urea groups is 1. The van der Waals surface area contributed by atoms with E-state index in [2.05, 4.69) is 41.9 Å². The fourth-order valence-electron chi connectivity index (χ4n) is 6.93. The number of para-hydroxylation sites is 1. The van der Waals surface area contributed by atoms with Gasteiger partial charge in [-0.15, -0.1) is 0 Å². The Morgan fingerprint density at radius 3 is 2.10 bits per heavy atom. The van der Waals surface area contributed by atoms with Gasteiger partial charge in [0.2, 0.25) is 29.5 Å². The number of hydrogen-bond donors (Lipinski definition) is 4. The molecule has 18 heteroatoms. The SMILES string of the molecule is CC(CC(=O)N1CCCC1C(=O)N(C)C(CCOC(=O)CN(C)C)C(=O)NC(C)C(=O)N1C[C@H](C)CC1C)OC=O.Cc1ccccc1.NC(=O)CNC(=O)Nc1ccccc1. The Hall–Kier alpha value is -6.04. The van der Waals surface area contributed by atoms with Gasteiger partial charge in [0, 0.05) is 38.3 Å². The monoisotopic (exact) mass is 866 g/mol. The molecule has 62 heavy (non-hydrogen) atoms. The predicted molar refractivity (Wildman–Crippen MR) is 233 cm³/mol. The second kappa shape index (κ2) is 27.0. The Morgan fingerprint density at radius 2 is 1.56 bits per heavy atom. The molecule has 5 N–H and O–H groups in total. The van der Waals surface area contributed by atoms with Crippen molar-refractivity contribution in [2.75, 3.05) is 59.2 Å². The molecule has 2 aromatic rings. The van der Waals surface area contributed by atoms with Gasteiger partial charge in [0.1, 0.15) is 24.2 Å². The number of ether oxygens (including phenoxy) is 2. The number of carbonyl (C=O) groups excluding carboxylic acids is 8. The van der Waals surface area contributed by atoms with Crippen LogP contribution in [0.4, 0.5) is 10.5 Å². The number of nitrogens with zero attached hydrogens (tertiary/aromatic N) is 4. The fourth-order valence-corrected chi connectivity index (χ4v) is 6.93. The zero-order valence-corrected chi connectivity index (χ0v) is 37.3. The Kier molecular flexibility index (Phi) is 22.7. The van der Waals surface area contributed by atoms with Crippen LogP contribution in [0.25, 0.3) is 0 Å². The minimum atomic E-state index is -1.05. The molecule has 5 unspecified atom stereocenters. The van der Waals surface area contributed by atoms with Crippen molar-refractivity contribution in [2.24, 2.45) is 11.7 Å². The maximum atomic E-state index is 13.6. The lowest BCUT2D eigenvalue weighted by Crippen LogP contribution is -2.57. The number of carbonyl (C=O) groups is 8. The average molecular weight is 867 g/mol. The standard InChI is InChI=1S/C28H47N5O8.C9H11N3O2.C7H8/c1-18-13-19(2)33(15-18)27(38)21(4)29-26(37)22(10-12-40-25(36)16-30(5)6)31(7)28(39)23-9-8-11-32(23)24(35)14-20(3)41-17-34;10-8(13)6-11-9(14)12-7-4-2-1-3-5-7;1-7-5-3-2-4-6-7/h17-23H,8-16H2,1-7H3,(H,29,37);1-5H,6H2,(H2,10,13)(H2,11,12,14);2-6H,1H3/t18-,19?,20?,21?,22?,23?;;/m1../s1. The third kappa shape index (κ3) is 18.7. The molecule has 0 spiro atoms. The molecular weight excluding hydrogens is 801 g/mol. The Labute approximate surface area is 365 Å². The molecule has 2 heterocycles. The van der Waals surface area contributed by atoms with E-state index in [1.54, 1.807) is 62.0 Å². The van der Waals surface area contributed by atoms with Crippen molar-refractivity contribution in [3.05, 3.63) is 66.2 Å². The number of benzene rings is 2. The third-order valence-electron chi connectivity index (χ3n) is 10.0. The van der Waals surface area contributed by atoms with E-state index in [4.69, 9.17) is 15.2 Å². The van der Waals surface area contributed by atoms with Crippen LogP contribution in [0.5, 0.6) is 0 Å². The number of rotatable bonds is 17. The zero-order valence-electron chi connectivity index (χ0n) is 37.3. The van der Waals surface area contributed by atoms with E-state index in [0.29, 0.717) is 37.5 Å². The maximum absolute atomic E-state index is 13.6. The molecule has 2 saturated heterocycles. The van der Waals surface area contributed by atoms with Crippen molar-refractivity contribution in [3.63, 3.8) is 0 Å². The molecule has 2 aliphatic rings. The van der Waals surface area contributed by atoms with Gasteiger partial charge in [-0.05, 0) is 79.1 Å². The number of primary amides is 1. The molecule has 2 aliphatic heterocycles. The second-order valence-corrected chi connectivity index (χ2v) is 15.9. The van der Waals surface area contributed by atoms with Crippen LogP contribution in [-0.2, 0) is 43.0 Å². The summed E-state index contributed by atoms with van der Waals surface area (Å²) < 4.78 is 10.1. The van der Waals surface area contributed by atoms with Crippen molar-refractivity contribution in [3.8, 4) is 0 Å². The fraction of sp³-hybridized carbons (Fsp3) is 0.545. The summed E-state index contributed by atoms with van der Waals surface area (Å²) in [7, 11) is 4.93. The first-order valence-corrected chi connectivity index (χ1v) is 20.8. The van der Waals surface area contributed by atoms with E-state index in [1.807, 2.05) is 31.2 Å². The van der Waals surface area contributed by atoms with Crippen LogP contribution in [-0.4, -0.2) is 152 Å². The van der Waals surface area contributed by atoms with Crippen LogP contribution < -0.4 is 21.7 Å². The first-order chi connectivity index (χ1) is 29.3. The minimum Gasteiger partial charge on any atom is -0.465 e. The third-order valence-corrected chi connectivity index (χ3v) is 10.0. The van der Waals surface area contributed by atoms with Gasteiger partial charge >= 0.3 is 12.0 Å². The van der Waals surface area contributed by atoms with Gasteiger partial charge < -0.3 is 45.9 Å². The molecule has 7 amide bonds. The maximum Gasteiger partial charge on any atom is 0.320 e. The number of nitrogens with two attached hydrogens (primary N) is 1. The lowest BCUT2D eigenvalue weighted by molar-refractivity contribution is -0.151. The number of likely N-dealkylation sites (tertiary alicyclic amines) is 2. The summed E-state index contributed by atoms with van der Waals surface area (Å²) in [5, 5.41) is 7.61. The molecule has 342 valence electrons. The number of anilines is 1. The Morgan fingerprint density at radius 1 is 0.935 bits per heavy atom. The lowest BCUT2D eigenvalue weighted by atomic mass is 10.1. The topological polar surface area (TPSA) is 230 Å². The molecule has 6 atom stereocenters. The number of amides is 7. The Bertz CT molecular complexity index is 1770. The average Bonchev–Trinajstić information content (AvgIpc) is 3.84. The van der Waals surface area contributed by atoms with Gasteiger partial charge in [-0.1, -0.05) is 61.0 Å². The van der Waals surface area contributed by atoms with Crippen molar-refractivity contribution in [1.29, 1.82) is 0 Å². The minimum absolute atomic E-state index is 0.0101. The highest BCUT2D eigenvalue weighted by Gasteiger charge is 2.40. The molecule has 2 fully saturated rings. The molecule has 0 radical (unpaired) electrons. The van der Waals surface area contributed by atoms with Gasteiger partial charge in [-0.3, -0.25) is 38.5 Å². The van der Waals surface area contributed by atoms with Gasteiger partial charge in [-0.25, -0.2) is 4.79 Å². The summed E-state index contributed by atoms with van der Waals surface area (Å²) in [5.41, 5.74) is 6.84. The number of nitrogens with one attached hydrogen (secondary N) is 3. The normalized spacial score (nSPS) is 18.0. The summed E-state index contributed by atoms with van der Waals surface area (Å²) in [4.78, 5) is 103. The van der Waals surface area contributed by atoms with E-state index in [1.165, 1.54) is 22.4 Å². The highest BCUT2D eigenvalue weighted by atomic mass is 16.5. The van der Waals surface area contributed by atoms with E-state index >= 15 is 0 Å². The molecule has 0 bridgehead atoms. The summed E-state index contributed by atoms with van der Waals surface area (Å²) in [6, 6.07) is 16.1. The Balaban J connectivity index is 0.000000508. The number of hydrogen-bond acceptors (Lipinski definition) is 11. The van der Waals surface area contributed by atoms with Gasteiger partial charge in [-0.2, -0.15) is 0 Å². The van der Waals surface area contributed by atoms with Crippen molar-refractivity contribution in [2.45, 2.75) is 97.0 Å². The van der Waals surface area contributed by atoms with Crippen LogP contribution in [0.3, 0.4) is 0 Å². The molecule has 0 saturated carbocycles. The zero-order chi connectivity index (χ0) is 46.4. The molecular formula is C44H66N8O10. The number of esters is 1. The quantitative estimate of drug-likeness (QED) is 0.133. The van der Waals surface area contributed by atoms with E-state index in [9.17, 15) is 38.4 Å². The van der Waals surface area contributed by atoms with Crippen molar-refractivity contribution < 1.29 is 47.8 Å². The van der Waals surface area contributed by atoms with E-state index < -0.39 is 54.0 Å². The largest absolute Gasteiger partial charge is 0.465 e. The van der Waals surface area contributed by atoms with Gasteiger partial charge in [0.25, 0.3) is 6.47 Å². The summed E-state index contributed by atoms with van der Waals surface area (Å²) >= 11 is 0. The summed E-state index contributed by atoms with van der Waals surface area (Å²) in [6.45, 7) is 10.4. The highest BCUT2D eigenvalue weighted by Crippen LogP contribution is 2.24. The molecule has 4 rings (SSSR count). The van der Waals surface area contributed by atoms with Crippen LogP contribution in [0.15, 0.2) is 60.7 Å². The smallest absolute Gasteiger partial charge is 0.320 e. The lowest BCUT2D eigenvalue weighted by Gasteiger charge is -2.33. The first kappa shape index (κ1) is 52.1. The molecule has 2 aromatic carbocycles. The van der Waals surface area contributed by atoms with Gasteiger partial charge in [0.05, 0.1) is 26.1 Å². The summed E-state index contributed by atoms with van der Waals surface area (Å²) in [6.07, 6.45) is 1.23. The number of aryl methyl sites for hydroxylation is 1. The predicted octanol–water partition coefficient (Wildman–Crippen LogP) is 2.30. The molecule has 18 nitrogen and oxygen atoms in total. The molecule has 0 aromatic heterocycles. The van der Waals surface area contributed by atoms with E-state index in [0.717, 1.165) is 6.42 Å². The van der Waals surface area contributed by atoms with Crippen molar-refractivity contribution >= 4 is 53.7 Å². The number of likely N-dealkylation sites (N-methyl/N-ethyl adjacent to an activating group) is 2. The van der Waals surface area contributed by atoms with Crippen LogP contribution >= 0.6 is 0 Å². The first-order valence-electron chi connectivity index (χ1n) is 20.8. The highest BCUT2D eigenvalue weighted by molar-refractivity contribution is 5.95. The van der Waals surface area contributed by atoms with Crippen LogP contribution in [0, 0.1) is 12.8 Å². The second-order valence-electron chi connectivity index (χ2n) is 15.9.